The Morgan fingerprint density at radius 2 is 1.83 bits per heavy atom. The lowest BCUT2D eigenvalue weighted by Gasteiger charge is -2.26. The van der Waals surface area contributed by atoms with Gasteiger partial charge in [-0.3, -0.25) is 4.79 Å². The average molecular weight is 340 g/mol. The molecule has 1 fully saturated rings. The molecule has 0 unspecified atom stereocenters. The summed E-state index contributed by atoms with van der Waals surface area (Å²) < 4.78 is 27.8. The maximum absolute atomic E-state index is 12.6. The number of benzene rings is 1. The monoisotopic (exact) mass is 340 g/mol. The van der Waals surface area contributed by atoms with Crippen LogP contribution in [0.1, 0.15) is 30.9 Å². The Balaban J connectivity index is 2.31. The van der Waals surface area contributed by atoms with Gasteiger partial charge < -0.3 is 5.11 Å². The van der Waals surface area contributed by atoms with Gasteiger partial charge in [-0.15, -0.1) is 0 Å². The van der Waals surface area contributed by atoms with E-state index in [1.54, 1.807) is 13.8 Å². The number of carboxylic acids is 1. The van der Waals surface area contributed by atoms with Crippen LogP contribution < -0.4 is 0 Å². The maximum atomic E-state index is 12.6. The number of rotatable bonds is 5. The number of nitrogens with zero attached hydrogens (tertiary/aromatic N) is 2. The van der Waals surface area contributed by atoms with E-state index in [-0.39, 0.29) is 25.0 Å². The van der Waals surface area contributed by atoms with Crippen LogP contribution in [0.3, 0.4) is 0 Å². The van der Waals surface area contributed by atoms with Gasteiger partial charge in [-0.2, -0.15) is 17.0 Å². The zero-order chi connectivity index (χ0) is 17.4. The Kier molecular flexibility index (Phi) is 5.13. The van der Waals surface area contributed by atoms with Crippen LogP contribution in [0.2, 0.25) is 0 Å². The van der Waals surface area contributed by atoms with E-state index in [0.717, 1.165) is 11.1 Å². The van der Waals surface area contributed by atoms with E-state index in [0.29, 0.717) is 0 Å². The Morgan fingerprint density at radius 3 is 2.30 bits per heavy atom. The van der Waals surface area contributed by atoms with E-state index in [2.05, 4.69) is 0 Å². The minimum atomic E-state index is -3.65. The zero-order valence-corrected chi connectivity index (χ0v) is 14.7. The predicted octanol–water partition coefficient (Wildman–Crippen LogP) is 1.68. The van der Waals surface area contributed by atoms with Crippen LogP contribution >= 0.6 is 0 Å². The molecule has 23 heavy (non-hydrogen) atoms. The van der Waals surface area contributed by atoms with Crippen LogP contribution in [-0.4, -0.2) is 54.3 Å². The molecule has 2 rings (SSSR count). The van der Waals surface area contributed by atoms with Crippen molar-refractivity contribution in [3.05, 3.63) is 35.4 Å². The maximum Gasteiger partial charge on any atom is 0.308 e. The third-order valence-electron chi connectivity index (χ3n) is 4.53. The standard InChI is InChI=1S/C16H24N2O4S/c1-11(2)17(4)23(21,22)18-9-14(15(10-18)16(19)20)13-7-5-12(3)6-8-13/h5-8,11,14-15H,9-10H2,1-4H3,(H,19,20)/t14-,15+/m1/s1. The molecular weight excluding hydrogens is 316 g/mol. The first-order chi connectivity index (χ1) is 10.6. The molecule has 0 aliphatic carbocycles. The molecule has 1 N–H and O–H groups in total. The van der Waals surface area contributed by atoms with Crippen LogP contribution in [-0.2, 0) is 15.0 Å². The normalized spacial score (nSPS) is 22.9. The molecule has 0 radical (unpaired) electrons. The van der Waals surface area contributed by atoms with Crippen LogP contribution in [0.5, 0.6) is 0 Å². The Bertz CT molecular complexity index is 670. The highest BCUT2D eigenvalue weighted by Gasteiger charge is 2.44. The Morgan fingerprint density at radius 1 is 1.26 bits per heavy atom. The topological polar surface area (TPSA) is 77.9 Å². The molecule has 2 atom stereocenters. The molecule has 0 saturated carbocycles. The molecule has 0 aromatic heterocycles. The van der Waals surface area contributed by atoms with Gasteiger partial charge in [0.2, 0.25) is 0 Å². The number of carbonyl (C=O) groups is 1. The van der Waals surface area contributed by atoms with Gasteiger partial charge in [0.15, 0.2) is 0 Å². The molecule has 0 spiro atoms. The SMILES string of the molecule is Cc1ccc([C@H]2CN(S(=O)(=O)N(C)C(C)C)C[C@@H]2C(=O)O)cc1. The number of hydrogen-bond acceptors (Lipinski definition) is 3. The summed E-state index contributed by atoms with van der Waals surface area (Å²) in [7, 11) is -2.13. The fourth-order valence-corrected chi connectivity index (χ4v) is 4.40. The van der Waals surface area contributed by atoms with Crippen molar-refractivity contribution in [2.75, 3.05) is 20.1 Å². The second kappa shape index (κ2) is 6.59. The van der Waals surface area contributed by atoms with Crippen molar-refractivity contribution in [1.82, 2.24) is 8.61 Å². The summed E-state index contributed by atoms with van der Waals surface area (Å²) in [5, 5.41) is 9.50. The Hall–Kier alpha value is -1.44. The van der Waals surface area contributed by atoms with Crippen LogP contribution in [0.25, 0.3) is 0 Å². The second-order valence-electron chi connectivity index (χ2n) is 6.40. The van der Waals surface area contributed by atoms with E-state index < -0.39 is 22.1 Å². The molecule has 7 heteroatoms. The van der Waals surface area contributed by atoms with Crippen molar-refractivity contribution < 1.29 is 18.3 Å². The molecule has 128 valence electrons. The zero-order valence-electron chi connectivity index (χ0n) is 13.9. The highest BCUT2D eigenvalue weighted by Crippen LogP contribution is 2.35. The van der Waals surface area contributed by atoms with Gasteiger partial charge in [0.25, 0.3) is 10.2 Å². The molecule has 1 aromatic rings. The van der Waals surface area contributed by atoms with Gasteiger partial charge in [0.1, 0.15) is 0 Å². The van der Waals surface area contributed by atoms with Gasteiger partial charge in [-0.1, -0.05) is 29.8 Å². The predicted molar refractivity (Wildman–Crippen MR) is 88.4 cm³/mol. The third-order valence-corrected chi connectivity index (χ3v) is 6.63. The largest absolute Gasteiger partial charge is 0.481 e. The van der Waals surface area contributed by atoms with Gasteiger partial charge in [0, 0.05) is 32.1 Å². The van der Waals surface area contributed by atoms with E-state index in [1.807, 2.05) is 31.2 Å². The molecule has 0 bridgehead atoms. The summed E-state index contributed by atoms with van der Waals surface area (Å²) in [6.07, 6.45) is 0. The van der Waals surface area contributed by atoms with E-state index in [9.17, 15) is 18.3 Å². The quantitative estimate of drug-likeness (QED) is 0.884. The van der Waals surface area contributed by atoms with Crippen molar-refractivity contribution in [1.29, 1.82) is 0 Å². The van der Waals surface area contributed by atoms with Gasteiger partial charge in [-0.25, -0.2) is 0 Å². The molecule has 1 aliphatic heterocycles. The first-order valence-corrected chi connectivity index (χ1v) is 9.06. The van der Waals surface area contributed by atoms with E-state index in [4.69, 9.17) is 0 Å². The summed E-state index contributed by atoms with van der Waals surface area (Å²) >= 11 is 0. The second-order valence-corrected chi connectivity index (χ2v) is 8.38. The van der Waals surface area contributed by atoms with E-state index >= 15 is 0 Å². The van der Waals surface area contributed by atoms with Crippen molar-refractivity contribution in [2.24, 2.45) is 5.92 Å². The van der Waals surface area contributed by atoms with Gasteiger partial charge in [0.05, 0.1) is 5.92 Å². The molecule has 1 saturated heterocycles. The summed E-state index contributed by atoms with van der Waals surface area (Å²) in [6.45, 7) is 5.74. The molecule has 1 heterocycles. The third kappa shape index (κ3) is 3.57. The van der Waals surface area contributed by atoms with Crippen molar-refractivity contribution >= 4 is 16.2 Å². The van der Waals surface area contributed by atoms with Crippen molar-refractivity contribution in [2.45, 2.75) is 32.7 Å². The van der Waals surface area contributed by atoms with Gasteiger partial charge in [-0.05, 0) is 26.3 Å². The molecule has 1 aromatic carbocycles. The first-order valence-electron chi connectivity index (χ1n) is 7.67. The first kappa shape index (κ1) is 17.9. The van der Waals surface area contributed by atoms with E-state index in [1.165, 1.54) is 15.7 Å². The highest BCUT2D eigenvalue weighted by atomic mass is 32.2. The lowest BCUT2D eigenvalue weighted by Crippen LogP contribution is -2.44. The lowest BCUT2D eigenvalue weighted by atomic mass is 9.89. The number of carboxylic acid groups (broad SMARTS) is 1. The summed E-state index contributed by atoms with van der Waals surface area (Å²) in [5.41, 5.74) is 1.95. The molecule has 0 amide bonds. The van der Waals surface area contributed by atoms with Crippen molar-refractivity contribution in [3.8, 4) is 0 Å². The minimum Gasteiger partial charge on any atom is -0.481 e. The van der Waals surface area contributed by atoms with Crippen LogP contribution in [0, 0.1) is 12.8 Å². The number of aryl methyl sites for hydroxylation is 1. The van der Waals surface area contributed by atoms with Crippen LogP contribution in [0.4, 0.5) is 0 Å². The fourth-order valence-electron chi connectivity index (χ4n) is 2.81. The Labute approximate surface area is 137 Å². The molecule has 1 aliphatic rings. The molecular formula is C16H24N2O4S. The minimum absolute atomic E-state index is 0.00721. The summed E-state index contributed by atoms with van der Waals surface area (Å²) in [6, 6.07) is 7.44. The van der Waals surface area contributed by atoms with Gasteiger partial charge >= 0.3 is 5.97 Å². The highest BCUT2D eigenvalue weighted by molar-refractivity contribution is 7.86. The lowest BCUT2D eigenvalue weighted by molar-refractivity contribution is -0.141. The summed E-state index contributed by atoms with van der Waals surface area (Å²) in [4.78, 5) is 11.6. The van der Waals surface area contributed by atoms with Crippen molar-refractivity contribution in [3.63, 3.8) is 0 Å². The number of aliphatic carboxylic acids is 1. The molecule has 6 nitrogen and oxygen atoms in total. The number of hydrogen-bond donors (Lipinski definition) is 1. The fraction of sp³-hybridized carbons (Fsp3) is 0.562. The smallest absolute Gasteiger partial charge is 0.308 e. The summed E-state index contributed by atoms with van der Waals surface area (Å²) in [5.74, 6) is -2.02. The average Bonchev–Trinajstić information content (AvgIpc) is 2.93. The van der Waals surface area contributed by atoms with Crippen LogP contribution in [0.15, 0.2) is 24.3 Å².